The molecule has 1 aliphatic heterocycles. The topological polar surface area (TPSA) is 15.3 Å². The molecule has 18 heavy (non-hydrogen) atoms. The molecule has 1 aromatic rings. The van der Waals surface area contributed by atoms with Gasteiger partial charge in [0.15, 0.2) is 0 Å². The van der Waals surface area contributed by atoms with Crippen LogP contribution in [0.4, 0.5) is 0 Å². The van der Waals surface area contributed by atoms with Crippen LogP contribution in [0.1, 0.15) is 24.0 Å². The number of hydrogen-bond donors (Lipinski definition) is 1. The first-order valence-electron chi connectivity index (χ1n) is 6.71. The molecule has 0 bridgehead atoms. The fourth-order valence-corrected chi connectivity index (χ4v) is 2.67. The normalized spacial score (nSPS) is 17.4. The monoisotopic (exact) mass is 268 g/mol. The highest BCUT2D eigenvalue weighted by Crippen LogP contribution is 2.19. The second-order valence-electron chi connectivity index (χ2n) is 5.20. The molecule has 1 aliphatic rings. The molecule has 0 amide bonds. The molecular formula is C15H25ClN2. The molecule has 0 atom stereocenters. The van der Waals surface area contributed by atoms with Gasteiger partial charge in [0.2, 0.25) is 0 Å². The second-order valence-corrected chi connectivity index (χ2v) is 5.20. The highest BCUT2D eigenvalue weighted by Gasteiger charge is 2.18. The lowest BCUT2D eigenvalue weighted by Crippen LogP contribution is -2.36. The minimum atomic E-state index is 0. The van der Waals surface area contributed by atoms with E-state index in [-0.39, 0.29) is 12.4 Å². The van der Waals surface area contributed by atoms with Crippen LogP contribution in [0.3, 0.4) is 0 Å². The zero-order valence-electron chi connectivity index (χ0n) is 11.5. The summed E-state index contributed by atoms with van der Waals surface area (Å²) in [5, 5.41) is 3.29. The molecule has 1 saturated heterocycles. The number of piperidine rings is 1. The van der Waals surface area contributed by atoms with Gasteiger partial charge in [0, 0.05) is 6.54 Å². The Labute approximate surface area is 117 Å². The average Bonchev–Trinajstić information content (AvgIpc) is 2.35. The van der Waals surface area contributed by atoms with Crippen molar-refractivity contribution in [1.29, 1.82) is 0 Å². The van der Waals surface area contributed by atoms with E-state index in [9.17, 15) is 0 Å². The Bertz CT molecular complexity index is 346. The maximum Gasteiger partial charge on any atom is 0.0236 e. The van der Waals surface area contributed by atoms with Crippen molar-refractivity contribution in [1.82, 2.24) is 10.2 Å². The van der Waals surface area contributed by atoms with Gasteiger partial charge in [-0.05, 0) is 63.5 Å². The van der Waals surface area contributed by atoms with Crippen molar-refractivity contribution in [3.63, 3.8) is 0 Å². The van der Waals surface area contributed by atoms with E-state index in [4.69, 9.17) is 0 Å². The van der Waals surface area contributed by atoms with Gasteiger partial charge in [0.05, 0.1) is 0 Å². The summed E-state index contributed by atoms with van der Waals surface area (Å²) in [5.41, 5.74) is 2.91. The summed E-state index contributed by atoms with van der Waals surface area (Å²) < 4.78 is 0. The zero-order chi connectivity index (χ0) is 12.1. The lowest BCUT2D eigenvalue weighted by atomic mass is 9.96. The van der Waals surface area contributed by atoms with Gasteiger partial charge in [0.1, 0.15) is 0 Å². The molecule has 0 spiro atoms. The zero-order valence-corrected chi connectivity index (χ0v) is 12.3. The summed E-state index contributed by atoms with van der Waals surface area (Å²) in [7, 11) is 2.06. The molecule has 0 saturated carbocycles. The molecule has 0 unspecified atom stereocenters. The summed E-state index contributed by atoms with van der Waals surface area (Å²) in [4.78, 5) is 2.59. The molecule has 1 heterocycles. The van der Waals surface area contributed by atoms with E-state index in [0.29, 0.717) is 0 Å². The fraction of sp³-hybridized carbons (Fsp3) is 0.600. The van der Waals surface area contributed by atoms with E-state index >= 15 is 0 Å². The van der Waals surface area contributed by atoms with Gasteiger partial charge in [-0.3, -0.25) is 4.90 Å². The lowest BCUT2D eigenvalue weighted by molar-refractivity contribution is 0.176. The Balaban J connectivity index is 0.00000162. The molecule has 2 rings (SSSR count). The number of rotatable bonds is 4. The molecule has 0 aromatic heterocycles. The minimum Gasteiger partial charge on any atom is -0.319 e. The first-order chi connectivity index (χ1) is 8.29. The van der Waals surface area contributed by atoms with Gasteiger partial charge in [-0.25, -0.2) is 0 Å². The van der Waals surface area contributed by atoms with Crippen LogP contribution in [0.2, 0.25) is 0 Å². The molecule has 0 aliphatic carbocycles. The first kappa shape index (κ1) is 15.5. The summed E-state index contributed by atoms with van der Waals surface area (Å²) in [5.74, 6) is 0.883. The second kappa shape index (κ2) is 7.78. The average molecular weight is 269 g/mol. The van der Waals surface area contributed by atoms with Gasteiger partial charge < -0.3 is 5.32 Å². The summed E-state index contributed by atoms with van der Waals surface area (Å²) in [6.45, 7) is 7.02. The minimum absolute atomic E-state index is 0. The van der Waals surface area contributed by atoms with Crippen molar-refractivity contribution in [2.24, 2.45) is 5.92 Å². The Kier molecular flexibility index (Phi) is 6.69. The van der Waals surface area contributed by atoms with Crippen molar-refractivity contribution < 1.29 is 0 Å². The van der Waals surface area contributed by atoms with Crippen molar-refractivity contribution >= 4 is 12.4 Å². The Morgan fingerprint density at radius 2 is 1.89 bits per heavy atom. The third-order valence-electron chi connectivity index (χ3n) is 3.86. The van der Waals surface area contributed by atoms with Crippen LogP contribution in [0.5, 0.6) is 0 Å². The smallest absolute Gasteiger partial charge is 0.0236 e. The van der Waals surface area contributed by atoms with E-state index in [1.807, 2.05) is 0 Å². The highest BCUT2D eigenvalue weighted by atomic mass is 35.5. The predicted molar refractivity (Wildman–Crippen MR) is 80.4 cm³/mol. The summed E-state index contributed by atoms with van der Waals surface area (Å²) >= 11 is 0. The standard InChI is InChI=1S/C15H24N2.ClH/c1-13-5-3-4-6-15(13)12-17-9-7-14(8-10-17)11-16-2;/h3-6,14,16H,7-12H2,1-2H3;1H. The molecule has 1 aromatic carbocycles. The van der Waals surface area contributed by atoms with Crippen molar-refractivity contribution in [3.8, 4) is 0 Å². The number of benzene rings is 1. The van der Waals surface area contributed by atoms with Crippen LogP contribution in [-0.4, -0.2) is 31.6 Å². The van der Waals surface area contributed by atoms with Crippen LogP contribution < -0.4 is 5.32 Å². The van der Waals surface area contributed by atoms with Crippen molar-refractivity contribution in [2.75, 3.05) is 26.7 Å². The molecule has 1 N–H and O–H groups in total. The van der Waals surface area contributed by atoms with Crippen LogP contribution in [0.25, 0.3) is 0 Å². The van der Waals surface area contributed by atoms with Gasteiger partial charge in [-0.15, -0.1) is 12.4 Å². The maximum absolute atomic E-state index is 3.29. The first-order valence-corrected chi connectivity index (χ1v) is 6.71. The number of likely N-dealkylation sites (tertiary alicyclic amines) is 1. The van der Waals surface area contributed by atoms with Crippen LogP contribution in [0, 0.1) is 12.8 Å². The van der Waals surface area contributed by atoms with Gasteiger partial charge >= 0.3 is 0 Å². The van der Waals surface area contributed by atoms with Gasteiger partial charge in [0.25, 0.3) is 0 Å². The predicted octanol–water partition coefficient (Wildman–Crippen LogP) is 2.85. The quantitative estimate of drug-likeness (QED) is 0.903. The Morgan fingerprint density at radius 3 is 2.50 bits per heavy atom. The van der Waals surface area contributed by atoms with Crippen molar-refractivity contribution in [3.05, 3.63) is 35.4 Å². The summed E-state index contributed by atoms with van der Waals surface area (Å²) in [6.07, 6.45) is 2.68. The third kappa shape index (κ3) is 4.27. The SMILES string of the molecule is CNCC1CCN(Cc2ccccc2C)CC1.Cl. The fourth-order valence-electron chi connectivity index (χ4n) is 2.67. The van der Waals surface area contributed by atoms with Crippen LogP contribution in [0.15, 0.2) is 24.3 Å². The largest absolute Gasteiger partial charge is 0.319 e. The number of aryl methyl sites for hydroxylation is 1. The van der Waals surface area contributed by atoms with Crippen LogP contribution >= 0.6 is 12.4 Å². The molecule has 0 radical (unpaired) electrons. The molecule has 102 valence electrons. The number of nitrogens with zero attached hydrogens (tertiary/aromatic N) is 1. The van der Waals surface area contributed by atoms with E-state index in [1.165, 1.54) is 43.6 Å². The number of hydrogen-bond acceptors (Lipinski definition) is 2. The molecular weight excluding hydrogens is 244 g/mol. The Hall–Kier alpha value is -0.570. The van der Waals surface area contributed by atoms with E-state index < -0.39 is 0 Å². The highest BCUT2D eigenvalue weighted by molar-refractivity contribution is 5.85. The molecule has 3 heteroatoms. The number of nitrogens with one attached hydrogen (secondary N) is 1. The third-order valence-corrected chi connectivity index (χ3v) is 3.86. The van der Waals surface area contributed by atoms with E-state index in [1.54, 1.807) is 0 Å². The van der Waals surface area contributed by atoms with Crippen molar-refractivity contribution in [2.45, 2.75) is 26.3 Å². The van der Waals surface area contributed by atoms with Crippen LogP contribution in [-0.2, 0) is 6.54 Å². The van der Waals surface area contributed by atoms with Gasteiger partial charge in [-0.1, -0.05) is 24.3 Å². The number of halogens is 1. The summed E-state index contributed by atoms with van der Waals surface area (Å²) in [6, 6.07) is 8.74. The maximum atomic E-state index is 3.29. The molecule has 2 nitrogen and oxygen atoms in total. The van der Waals surface area contributed by atoms with E-state index in [2.05, 4.69) is 48.5 Å². The van der Waals surface area contributed by atoms with E-state index in [0.717, 1.165) is 12.5 Å². The lowest BCUT2D eigenvalue weighted by Gasteiger charge is -2.32. The Morgan fingerprint density at radius 1 is 1.22 bits per heavy atom. The van der Waals surface area contributed by atoms with Gasteiger partial charge in [-0.2, -0.15) is 0 Å². The molecule has 1 fully saturated rings.